The first-order valence-corrected chi connectivity index (χ1v) is 14.1. The average molecular weight is 590 g/mol. The Morgan fingerprint density at radius 2 is 1.81 bits per heavy atom. The number of carbonyl (C=O) groups excluding carboxylic acids is 1. The average Bonchev–Trinajstić information content (AvgIpc) is 3.62. The fraction of sp³-hybridized carbons (Fsp3) is 0.200. The number of pyridine rings is 1. The fourth-order valence-electron chi connectivity index (χ4n) is 5.01. The van der Waals surface area contributed by atoms with Crippen molar-refractivity contribution in [3.63, 3.8) is 0 Å². The van der Waals surface area contributed by atoms with E-state index in [2.05, 4.69) is 20.3 Å². The Morgan fingerprint density at radius 3 is 2.48 bits per heavy atom. The molecule has 42 heavy (non-hydrogen) atoms. The third-order valence-corrected chi connectivity index (χ3v) is 7.67. The van der Waals surface area contributed by atoms with Gasteiger partial charge in [-0.3, -0.25) is 4.79 Å². The number of aromatic amines is 1. The van der Waals surface area contributed by atoms with Gasteiger partial charge < -0.3 is 21.8 Å². The van der Waals surface area contributed by atoms with Gasteiger partial charge >= 0.3 is 0 Å². The van der Waals surface area contributed by atoms with Gasteiger partial charge in [-0.15, -0.1) is 11.3 Å². The van der Waals surface area contributed by atoms with Crippen molar-refractivity contribution in [2.75, 3.05) is 11.5 Å². The van der Waals surface area contributed by atoms with Crippen molar-refractivity contribution in [3.8, 4) is 28.5 Å². The first kappa shape index (κ1) is 28.6. The highest BCUT2D eigenvalue weighted by molar-refractivity contribution is 7.13. The predicted molar refractivity (Wildman–Crippen MR) is 157 cm³/mol. The monoisotopic (exact) mass is 589 g/mol. The van der Waals surface area contributed by atoms with Gasteiger partial charge in [-0.2, -0.15) is 5.26 Å². The van der Waals surface area contributed by atoms with Crippen LogP contribution < -0.4 is 16.8 Å². The Kier molecular flexibility index (Phi) is 8.40. The Hall–Kier alpha value is -4.89. The second-order valence-electron chi connectivity index (χ2n) is 9.78. The van der Waals surface area contributed by atoms with E-state index in [1.165, 1.54) is 36.8 Å². The van der Waals surface area contributed by atoms with Crippen LogP contribution in [0.2, 0.25) is 0 Å². The maximum Gasteiger partial charge on any atom is 0.271 e. The number of aromatic nitrogens is 3. The smallest absolute Gasteiger partial charge is 0.271 e. The van der Waals surface area contributed by atoms with Gasteiger partial charge in [-0.1, -0.05) is 49.6 Å². The molecule has 2 aromatic carbocycles. The SMILES string of the molecule is N#Cc1c(-c2c[nH]c3c(F)cc(F)cc23)nc(N)c(F)c1-c1ccccc1.Nc1nc(C(=O)NC2CCCCC2)cs1. The largest absolute Gasteiger partial charge is 0.381 e. The van der Waals surface area contributed by atoms with Crippen molar-refractivity contribution in [3.05, 3.63) is 82.8 Å². The van der Waals surface area contributed by atoms with Crippen LogP contribution in [-0.2, 0) is 0 Å². The number of hydrogen-bond acceptors (Lipinski definition) is 7. The molecule has 1 aliphatic carbocycles. The molecule has 0 unspecified atom stereocenters. The molecule has 1 fully saturated rings. The molecule has 6 rings (SSSR count). The van der Waals surface area contributed by atoms with E-state index in [-0.39, 0.29) is 39.2 Å². The van der Waals surface area contributed by atoms with E-state index < -0.39 is 23.3 Å². The minimum Gasteiger partial charge on any atom is -0.381 e. The van der Waals surface area contributed by atoms with Crippen molar-refractivity contribution < 1.29 is 18.0 Å². The van der Waals surface area contributed by atoms with Crippen LogP contribution in [0, 0.1) is 28.8 Å². The van der Waals surface area contributed by atoms with Crippen LogP contribution in [0.4, 0.5) is 24.1 Å². The molecule has 8 nitrogen and oxygen atoms in total. The third kappa shape index (κ3) is 5.91. The summed E-state index contributed by atoms with van der Waals surface area (Å²) >= 11 is 1.30. The number of nitriles is 1. The maximum atomic E-state index is 14.7. The molecular formula is C30H26F3N7OS. The number of thiazole rings is 1. The van der Waals surface area contributed by atoms with Gasteiger partial charge in [-0.25, -0.2) is 23.1 Å². The lowest BCUT2D eigenvalue weighted by Crippen LogP contribution is -2.36. The fourth-order valence-corrected chi connectivity index (χ4v) is 5.55. The highest BCUT2D eigenvalue weighted by atomic mass is 32.1. The van der Waals surface area contributed by atoms with E-state index in [1.807, 2.05) is 6.07 Å². The lowest BCUT2D eigenvalue weighted by molar-refractivity contribution is 0.0923. The minimum absolute atomic E-state index is 0.00757. The maximum absolute atomic E-state index is 14.7. The van der Waals surface area contributed by atoms with Crippen LogP contribution in [0.1, 0.15) is 48.2 Å². The second-order valence-corrected chi connectivity index (χ2v) is 10.7. The van der Waals surface area contributed by atoms with E-state index in [1.54, 1.807) is 35.7 Å². The summed E-state index contributed by atoms with van der Waals surface area (Å²) in [6, 6.07) is 12.6. The number of H-pyrrole nitrogens is 1. The number of halogens is 3. The van der Waals surface area contributed by atoms with E-state index in [9.17, 15) is 23.2 Å². The minimum atomic E-state index is -0.821. The zero-order valence-electron chi connectivity index (χ0n) is 22.3. The molecule has 0 radical (unpaired) electrons. The molecule has 5 aromatic rings. The van der Waals surface area contributed by atoms with Crippen molar-refractivity contribution in [2.45, 2.75) is 38.1 Å². The van der Waals surface area contributed by atoms with Gasteiger partial charge in [0.2, 0.25) is 0 Å². The van der Waals surface area contributed by atoms with Crippen LogP contribution in [0.15, 0.2) is 54.0 Å². The molecule has 0 saturated heterocycles. The van der Waals surface area contributed by atoms with Crippen LogP contribution in [0.25, 0.3) is 33.3 Å². The summed E-state index contributed by atoms with van der Waals surface area (Å²) in [5.74, 6) is -2.88. The molecule has 1 amide bonds. The quantitative estimate of drug-likeness (QED) is 0.187. The van der Waals surface area contributed by atoms with Gasteiger partial charge in [0, 0.05) is 40.2 Å². The molecule has 0 aliphatic heterocycles. The van der Waals surface area contributed by atoms with Crippen molar-refractivity contribution in [1.29, 1.82) is 5.26 Å². The summed E-state index contributed by atoms with van der Waals surface area (Å²) in [7, 11) is 0. The number of nitrogens with zero attached hydrogens (tertiary/aromatic N) is 3. The predicted octanol–water partition coefficient (Wildman–Crippen LogP) is 6.56. The molecule has 0 spiro atoms. The zero-order chi connectivity index (χ0) is 29.8. The number of nitrogens with one attached hydrogen (secondary N) is 2. The van der Waals surface area contributed by atoms with E-state index in [0.717, 1.165) is 25.0 Å². The first-order chi connectivity index (χ1) is 20.3. The third-order valence-electron chi connectivity index (χ3n) is 6.99. The van der Waals surface area contributed by atoms with Crippen molar-refractivity contribution in [1.82, 2.24) is 20.3 Å². The van der Waals surface area contributed by atoms with Crippen molar-refractivity contribution >= 4 is 39.1 Å². The highest BCUT2D eigenvalue weighted by Crippen LogP contribution is 2.38. The standard InChI is InChI=1S/C20H11F3N4.C10H15N3OS/c21-11-6-12-14(9-26-19(12)15(22)7-11)18-13(8-24)16(17(23)20(25)27-18)10-4-2-1-3-5-10;11-10-13-8(6-15-10)9(14)12-7-4-2-1-3-5-7/h1-7,9,26H,(H2,25,27);6-7H,1-5H2,(H2,11,13)(H,12,14). The number of amides is 1. The summed E-state index contributed by atoms with van der Waals surface area (Å²) in [5.41, 5.74) is 12.4. The Balaban J connectivity index is 0.000000199. The van der Waals surface area contributed by atoms with Gasteiger partial charge in [0.15, 0.2) is 16.8 Å². The van der Waals surface area contributed by atoms with Crippen LogP contribution >= 0.6 is 11.3 Å². The topological polar surface area (TPSA) is 146 Å². The van der Waals surface area contributed by atoms with Crippen LogP contribution in [-0.4, -0.2) is 26.9 Å². The molecule has 1 aliphatic rings. The summed E-state index contributed by atoms with van der Waals surface area (Å²) in [6.07, 6.45) is 7.28. The number of benzene rings is 2. The lowest BCUT2D eigenvalue weighted by atomic mass is 9.95. The van der Waals surface area contributed by atoms with E-state index in [0.29, 0.717) is 22.4 Å². The lowest BCUT2D eigenvalue weighted by Gasteiger charge is -2.22. The van der Waals surface area contributed by atoms with E-state index in [4.69, 9.17) is 11.5 Å². The number of rotatable bonds is 4. The summed E-state index contributed by atoms with van der Waals surface area (Å²) < 4.78 is 42.5. The number of nitrogen functional groups attached to an aromatic ring is 2. The van der Waals surface area contributed by atoms with Gasteiger partial charge in [-0.05, 0) is 24.5 Å². The summed E-state index contributed by atoms with van der Waals surface area (Å²) in [6.45, 7) is 0. The number of carbonyl (C=O) groups is 1. The molecule has 12 heteroatoms. The number of hydrogen-bond donors (Lipinski definition) is 4. The van der Waals surface area contributed by atoms with Crippen LogP contribution in [0.5, 0.6) is 0 Å². The molecule has 0 bridgehead atoms. The summed E-state index contributed by atoms with van der Waals surface area (Å²) in [5, 5.41) is 15.0. The van der Waals surface area contributed by atoms with Crippen LogP contribution in [0.3, 0.4) is 0 Å². The Bertz CT molecular complexity index is 1790. The summed E-state index contributed by atoms with van der Waals surface area (Å²) in [4.78, 5) is 22.4. The van der Waals surface area contributed by atoms with E-state index >= 15 is 0 Å². The van der Waals surface area contributed by atoms with Crippen molar-refractivity contribution in [2.24, 2.45) is 0 Å². The molecule has 214 valence electrons. The highest BCUT2D eigenvalue weighted by Gasteiger charge is 2.23. The zero-order valence-corrected chi connectivity index (χ0v) is 23.1. The molecular weight excluding hydrogens is 563 g/mol. The Labute approximate surface area is 243 Å². The Morgan fingerprint density at radius 1 is 1.07 bits per heavy atom. The number of nitrogens with two attached hydrogens (primary N) is 2. The van der Waals surface area contributed by atoms with Gasteiger partial charge in [0.05, 0.1) is 16.8 Å². The molecule has 0 atom stereocenters. The normalized spacial score (nSPS) is 13.3. The first-order valence-electron chi connectivity index (χ1n) is 13.2. The van der Waals surface area contributed by atoms with Gasteiger partial charge in [0.25, 0.3) is 5.91 Å². The second kappa shape index (κ2) is 12.3. The molecule has 3 heterocycles. The molecule has 1 saturated carbocycles. The number of anilines is 2. The number of fused-ring (bicyclic) bond motifs is 1. The molecule has 6 N–H and O–H groups in total. The molecule has 3 aromatic heterocycles. The van der Waals surface area contributed by atoms with Gasteiger partial charge in [0.1, 0.15) is 23.4 Å².